The molecule has 2 amide bonds. The van der Waals surface area contributed by atoms with Crippen LogP contribution in [0.1, 0.15) is 48.7 Å². The number of nitrogens with zero attached hydrogens (tertiary/aromatic N) is 1. The number of phenolic OH excluding ortho intramolecular Hbond substituents is 1. The average molecular weight is 540 g/mol. The molecule has 39 heavy (non-hydrogen) atoms. The Morgan fingerprint density at radius 1 is 1.15 bits per heavy atom. The van der Waals surface area contributed by atoms with Gasteiger partial charge in [-0.3, -0.25) is 24.1 Å². The maximum Gasteiger partial charge on any atom is 0.255 e. The maximum absolute atomic E-state index is 13.7. The Bertz CT molecular complexity index is 1400. The molecule has 3 aliphatic carbocycles. The van der Waals surface area contributed by atoms with E-state index in [9.17, 15) is 39.6 Å². The fourth-order valence-electron chi connectivity index (χ4n) is 6.01. The molecule has 0 spiro atoms. The molecule has 4 atom stereocenters. The van der Waals surface area contributed by atoms with Gasteiger partial charge in [0.15, 0.2) is 11.4 Å². The molecule has 11 heteroatoms. The molecule has 0 aromatic heterocycles. The lowest BCUT2D eigenvalue weighted by molar-refractivity contribution is -0.148. The van der Waals surface area contributed by atoms with E-state index in [1.807, 2.05) is 20.8 Å². The highest BCUT2D eigenvalue weighted by Gasteiger charge is 2.63. The Balaban J connectivity index is 1.85. The van der Waals surface area contributed by atoms with Gasteiger partial charge in [-0.2, -0.15) is 0 Å². The summed E-state index contributed by atoms with van der Waals surface area (Å²) in [6.07, 6.45) is 2.96. The third-order valence-corrected chi connectivity index (χ3v) is 7.55. The van der Waals surface area contributed by atoms with Crippen molar-refractivity contribution in [2.75, 3.05) is 14.1 Å². The second kappa shape index (κ2) is 9.35. The fraction of sp³-hybridized carbons (Fsp3) is 0.429. The maximum atomic E-state index is 13.7. The first-order chi connectivity index (χ1) is 18.0. The van der Waals surface area contributed by atoms with E-state index in [0.717, 1.165) is 0 Å². The predicted octanol–water partition coefficient (Wildman–Crippen LogP) is 1.05. The van der Waals surface area contributed by atoms with Gasteiger partial charge < -0.3 is 31.5 Å². The molecular formula is C28H33N3O8. The molecule has 3 aliphatic rings. The van der Waals surface area contributed by atoms with Crippen molar-refractivity contribution in [3.05, 3.63) is 57.6 Å². The van der Waals surface area contributed by atoms with Gasteiger partial charge in [0, 0.05) is 23.1 Å². The number of carbonyl (C=O) groups is 4. The number of hydrogen-bond acceptors (Lipinski definition) is 9. The smallest absolute Gasteiger partial charge is 0.255 e. The van der Waals surface area contributed by atoms with Crippen LogP contribution in [0.2, 0.25) is 0 Å². The van der Waals surface area contributed by atoms with Crippen LogP contribution < -0.4 is 11.1 Å². The lowest BCUT2D eigenvalue weighted by Crippen LogP contribution is -2.63. The summed E-state index contributed by atoms with van der Waals surface area (Å²) >= 11 is 0. The van der Waals surface area contributed by atoms with Crippen molar-refractivity contribution in [3.63, 3.8) is 0 Å². The van der Waals surface area contributed by atoms with Gasteiger partial charge in [-0.05, 0) is 76.9 Å². The molecule has 0 saturated carbocycles. The number of phenols is 1. The minimum absolute atomic E-state index is 0.0188. The van der Waals surface area contributed by atoms with E-state index in [4.69, 9.17) is 5.73 Å². The number of rotatable bonds is 4. The standard InChI is InChI=1S/C28H33N3O8/c1-27(2,3)30-17(33)9-7-12-6-8-16(32)19-14(12)10-13-11-15-21(31(4)5)23(35)20(26(29)38)25(37)28(15,39)24(36)18(13)22(19)34/h6-9,13,15,21,32,35-36,39H,10-11H2,1-5H3,(H2,29,38)(H,30,33)/b9-7+/t13-,15-,21-,28+/m1/s1. The van der Waals surface area contributed by atoms with Gasteiger partial charge in [0.2, 0.25) is 11.7 Å². The second-order valence-electron chi connectivity index (χ2n) is 11.6. The summed E-state index contributed by atoms with van der Waals surface area (Å²) in [6.45, 7) is 5.50. The number of fused-ring (bicyclic) bond motifs is 3. The summed E-state index contributed by atoms with van der Waals surface area (Å²) in [4.78, 5) is 52.9. The molecule has 1 aromatic rings. The molecule has 208 valence electrons. The number of carbonyl (C=O) groups excluding carboxylic acids is 4. The van der Waals surface area contributed by atoms with Gasteiger partial charge in [0.1, 0.15) is 22.8 Å². The number of nitrogens with two attached hydrogens (primary N) is 1. The Hall–Kier alpha value is -3.96. The first-order valence-electron chi connectivity index (χ1n) is 12.5. The van der Waals surface area contributed by atoms with Crippen molar-refractivity contribution in [3.8, 4) is 5.75 Å². The number of aliphatic hydroxyl groups excluding tert-OH is 2. The zero-order chi connectivity index (χ0) is 29.2. The summed E-state index contributed by atoms with van der Waals surface area (Å²) in [5.74, 6) is -7.43. The van der Waals surface area contributed by atoms with Crippen LogP contribution in [-0.4, -0.2) is 80.0 Å². The van der Waals surface area contributed by atoms with Crippen molar-refractivity contribution in [1.82, 2.24) is 10.2 Å². The number of aromatic hydroxyl groups is 1. The molecule has 0 fully saturated rings. The zero-order valence-electron chi connectivity index (χ0n) is 22.4. The van der Waals surface area contributed by atoms with E-state index in [1.165, 1.54) is 23.1 Å². The van der Waals surface area contributed by atoms with E-state index in [-0.39, 0.29) is 35.6 Å². The quantitative estimate of drug-likeness (QED) is 0.240. The highest BCUT2D eigenvalue weighted by Crippen LogP contribution is 2.52. The summed E-state index contributed by atoms with van der Waals surface area (Å²) in [6, 6.07) is 1.78. The summed E-state index contributed by atoms with van der Waals surface area (Å²) in [5, 5.41) is 47.2. The van der Waals surface area contributed by atoms with Crippen LogP contribution >= 0.6 is 0 Å². The summed E-state index contributed by atoms with van der Waals surface area (Å²) in [5.41, 5.74) is 1.92. The van der Waals surface area contributed by atoms with Gasteiger partial charge in [0.05, 0.1) is 11.6 Å². The summed E-state index contributed by atoms with van der Waals surface area (Å²) in [7, 11) is 3.13. The third-order valence-electron chi connectivity index (χ3n) is 7.55. The van der Waals surface area contributed by atoms with E-state index in [0.29, 0.717) is 11.1 Å². The molecule has 0 radical (unpaired) electrons. The van der Waals surface area contributed by atoms with Crippen LogP contribution in [-0.2, 0) is 20.8 Å². The molecule has 1 aromatic carbocycles. The van der Waals surface area contributed by atoms with Crippen LogP contribution in [0.25, 0.3) is 6.08 Å². The highest BCUT2D eigenvalue weighted by atomic mass is 16.3. The fourth-order valence-corrected chi connectivity index (χ4v) is 6.01. The predicted molar refractivity (Wildman–Crippen MR) is 141 cm³/mol. The van der Waals surface area contributed by atoms with Crippen LogP contribution in [0, 0.1) is 11.8 Å². The van der Waals surface area contributed by atoms with E-state index in [2.05, 4.69) is 5.32 Å². The molecule has 4 rings (SSSR count). The zero-order valence-corrected chi connectivity index (χ0v) is 22.4. The van der Waals surface area contributed by atoms with E-state index >= 15 is 0 Å². The number of ketones is 2. The third kappa shape index (κ3) is 4.41. The van der Waals surface area contributed by atoms with Crippen molar-refractivity contribution in [1.29, 1.82) is 0 Å². The molecule has 0 unspecified atom stereocenters. The lowest BCUT2D eigenvalue weighted by Gasteiger charge is -2.50. The number of likely N-dealkylation sites (N-methyl/N-ethyl adjacent to an activating group) is 1. The molecular weight excluding hydrogens is 506 g/mol. The molecule has 0 heterocycles. The minimum Gasteiger partial charge on any atom is -0.510 e. The minimum atomic E-state index is -2.69. The Morgan fingerprint density at radius 2 is 1.79 bits per heavy atom. The topological polar surface area (TPSA) is 190 Å². The number of primary amides is 1. The number of hydrogen-bond donors (Lipinski definition) is 6. The molecule has 0 aliphatic heterocycles. The Labute approximate surface area is 225 Å². The average Bonchev–Trinajstić information content (AvgIpc) is 2.79. The van der Waals surface area contributed by atoms with E-state index < -0.39 is 63.6 Å². The molecule has 0 saturated heterocycles. The monoisotopic (exact) mass is 539 g/mol. The number of Topliss-reactive ketones (excluding diaryl/α,β-unsaturated/α-hetero) is 2. The van der Waals surface area contributed by atoms with Gasteiger partial charge in [-0.25, -0.2) is 0 Å². The molecule has 0 bridgehead atoms. The van der Waals surface area contributed by atoms with Crippen LogP contribution in [0.3, 0.4) is 0 Å². The van der Waals surface area contributed by atoms with Gasteiger partial charge in [-0.15, -0.1) is 0 Å². The van der Waals surface area contributed by atoms with E-state index in [1.54, 1.807) is 20.2 Å². The normalized spacial score (nSPS) is 27.0. The Kier molecular flexibility index (Phi) is 6.73. The summed E-state index contributed by atoms with van der Waals surface area (Å²) < 4.78 is 0. The van der Waals surface area contributed by atoms with Crippen molar-refractivity contribution in [2.24, 2.45) is 17.6 Å². The second-order valence-corrected chi connectivity index (χ2v) is 11.6. The van der Waals surface area contributed by atoms with Crippen molar-refractivity contribution >= 4 is 29.5 Å². The lowest BCUT2D eigenvalue weighted by atomic mass is 9.58. The first-order valence-corrected chi connectivity index (χ1v) is 12.5. The van der Waals surface area contributed by atoms with Crippen molar-refractivity contribution < 1.29 is 39.6 Å². The molecule has 11 nitrogen and oxygen atoms in total. The SMILES string of the molecule is CN(C)[C@H]1C(O)=C(C(N)=O)C(=O)[C@@]2(O)C(O)=C3C(=O)c4c(O)ccc(/C=C/C(=O)NC(C)(C)C)c4C[C@@H]3C[C@H]12. The van der Waals surface area contributed by atoms with Gasteiger partial charge in [0.25, 0.3) is 5.91 Å². The van der Waals surface area contributed by atoms with Gasteiger partial charge in [-0.1, -0.05) is 6.07 Å². The number of benzene rings is 1. The number of aliphatic hydroxyl groups is 3. The highest BCUT2D eigenvalue weighted by molar-refractivity contribution is 6.24. The number of nitrogens with one attached hydrogen (secondary N) is 1. The van der Waals surface area contributed by atoms with Crippen LogP contribution in [0.4, 0.5) is 0 Å². The largest absolute Gasteiger partial charge is 0.510 e. The van der Waals surface area contributed by atoms with Crippen LogP contribution in [0.15, 0.2) is 40.9 Å². The number of allylic oxidation sites excluding steroid dienone is 1. The molecule has 7 N–H and O–H groups in total. The first kappa shape index (κ1) is 28.1. The number of amides is 2. The van der Waals surface area contributed by atoms with Crippen LogP contribution in [0.5, 0.6) is 5.75 Å². The Morgan fingerprint density at radius 3 is 2.36 bits per heavy atom. The van der Waals surface area contributed by atoms with Crippen molar-refractivity contribution in [2.45, 2.75) is 50.8 Å². The van der Waals surface area contributed by atoms with Gasteiger partial charge >= 0.3 is 0 Å².